The molecule has 1 fully saturated rings. The largest absolute Gasteiger partial charge is 0.481 e. The zero-order chi connectivity index (χ0) is 9.84. The topological polar surface area (TPSA) is 63.6 Å². The molecule has 0 bridgehead atoms. The van der Waals surface area contributed by atoms with Gasteiger partial charge in [0.25, 0.3) is 0 Å². The summed E-state index contributed by atoms with van der Waals surface area (Å²) in [5.41, 5.74) is 0. The molecule has 0 spiro atoms. The van der Waals surface area contributed by atoms with Crippen molar-refractivity contribution in [1.29, 1.82) is 0 Å². The highest BCUT2D eigenvalue weighted by Gasteiger charge is 2.27. The molecule has 1 aliphatic rings. The average molecular weight is 186 g/mol. The van der Waals surface area contributed by atoms with Crippen LogP contribution >= 0.6 is 0 Å². The lowest BCUT2D eigenvalue weighted by Crippen LogP contribution is -2.21. The van der Waals surface area contributed by atoms with Gasteiger partial charge in [-0.15, -0.1) is 0 Å². The van der Waals surface area contributed by atoms with Crippen molar-refractivity contribution in [3.63, 3.8) is 0 Å². The zero-order valence-electron chi connectivity index (χ0n) is 7.66. The molecule has 1 N–H and O–H groups in total. The number of hydrogen-bond donors (Lipinski definition) is 1. The van der Waals surface area contributed by atoms with Crippen LogP contribution in [0, 0.1) is 0 Å². The molecule has 2 unspecified atom stereocenters. The second kappa shape index (κ2) is 4.37. The number of hydrogen-bond acceptors (Lipinski definition) is 3. The van der Waals surface area contributed by atoms with E-state index in [9.17, 15) is 9.59 Å². The summed E-state index contributed by atoms with van der Waals surface area (Å²) >= 11 is 0. The first kappa shape index (κ1) is 10.2. The molecule has 0 aromatic rings. The molecule has 0 aromatic carbocycles. The summed E-state index contributed by atoms with van der Waals surface area (Å²) in [4.78, 5) is 21.5. The summed E-state index contributed by atoms with van der Waals surface area (Å²) < 4.78 is 5.31. The Morgan fingerprint density at radius 2 is 2.08 bits per heavy atom. The van der Waals surface area contributed by atoms with Gasteiger partial charge in [-0.25, -0.2) is 0 Å². The van der Waals surface area contributed by atoms with E-state index in [4.69, 9.17) is 9.84 Å². The van der Waals surface area contributed by atoms with Crippen LogP contribution in [-0.4, -0.2) is 29.1 Å². The van der Waals surface area contributed by atoms with Gasteiger partial charge in [-0.2, -0.15) is 0 Å². The van der Waals surface area contributed by atoms with Crippen molar-refractivity contribution >= 4 is 11.8 Å². The van der Waals surface area contributed by atoms with Gasteiger partial charge in [0.15, 0.2) is 5.78 Å². The van der Waals surface area contributed by atoms with E-state index in [0.29, 0.717) is 0 Å². The highest BCUT2D eigenvalue weighted by Crippen LogP contribution is 2.20. The number of carbonyl (C=O) groups excluding carboxylic acids is 1. The molecule has 0 aliphatic carbocycles. The molecule has 0 radical (unpaired) electrons. The molecular weight excluding hydrogens is 172 g/mol. The van der Waals surface area contributed by atoms with Crippen molar-refractivity contribution < 1.29 is 19.4 Å². The molecule has 0 aromatic heterocycles. The van der Waals surface area contributed by atoms with Crippen LogP contribution in [-0.2, 0) is 14.3 Å². The van der Waals surface area contributed by atoms with E-state index >= 15 is 0 Å². The van der Waals surface area contributed by atoms with Gasteiger partial charge in [-0.3, -0.25) is 9.59 Å². The van der Waals surface area contributed by atoms with E-state index in [0.717, 1.165) is 12.8 Å². The number of ketones is 1. The normalized spacial score (nSPS) is 27.5. The van der Waals surface area contributed by atoms with Crippen molar-refractivity contribution in [1.82, 2.24) is 0 Å². The molecule has 1 saturated heterocycles. The second-order valence-electron chi connectivity index (χ2n) is 3.37. The zero-order valence-corrected chi connectivity index (χ0v) is 7.66. The van der Waals surface area contributed by atoms with Crippen LogP contribution < -0.4 is 0 Å². The molecule has 1 heterocycles. The third-order valence-electron chi connectivity index (χ3n) is 2.18. The number of rotatable bonds is 4. The van der Waals surface area contributed by atoms with Crippen molar-refractivity contribution in [2.45, 2.75) is 44.8 Å². The number of aliphatic carboxylic acids is 1. The Balaban J connectivity index is 2.27. The number of carbonyl (C=O) groups is 2. The Labute approximate surface area is 76.9 Å². The maximum absolute atomic E-state index is 11.3. The van der Waals surface area contributed by atoms with E-state index in [-0.39, 0.29) is 30.8 Å². The van der Waals surface area contributed by atoms with Gasteiger partial charge in [-0.1, -0.05) is 0 Å². The minimum absolute atomic E-state index is 0.0771. The summed E-state index contributed by atoms with van der Waals surface area (Å²) in [6.45, 7) is 1.92. The number of Topliss-reactive ketones (excluding diaryl/α,β-unsaturated/α-hetero) is 1. The van der Waals surface area contributed by atoms with Crippen LogP contribution in [0.25, 0.3) is 0 Å². The lowest BCUT2D eigenvalue weighted by molar-refractivity contribution is -0.140. The van der Waals surface area contributed by atoms with Crippen molar-refractivity contribution in [2.75, 3.05) is 0 Å². The second-order valence-corrected chi connectivity index (χ2v) is 3.37. The first-order valence-corrected chi connectivity index (χ1v) is 4.49. The van der Waals surface area contributed by atoms with Crippen molar-refractivity contribution in [3.8, 4) is 0 Å². The Morgan fingerprint density at radius 1 is 1.38 bits per heavy atom. The van der Waals surface area contributed by atoms with Crippen LogP contribution in [0.3, 0.4) is 0 Å². The van der Waals surface area contributed by atoms with Crippen LogP contribution in [0.1, 0.15) is 32.6 Å². The molecule has 0 amide bonds. The minimum atomic E-state index is -0.931. The Morgan fingerprint density at radius 3 is 2.54 bits per heavy atom. The lowest BCUT2D eigenvalue weighted by atomic mass is 10.1. The van der Waals surface area contributed by atoms with Crippen LogP contribution in [0.4, 0.5) is 0 Å². The van der Waals surface area contributed by atoms with Gasteiger partial charge in [-0.05, 0) is 19.8 Å². The fourth-order valence-corrected chi connectivity index (χ4v) is 1.43. The standard InChI is InChI=1S/C9H14O4/c1-6-2-4-8(13-6)7(10)3-5-9(11)12/h6,8H,2-5H2,1H3,(H,11,12). The molecule has 1 rings (SSSR count). The summed E-state index contributed by atoms with van der Waals surface area (Å²) in [6.07, 6.45) is 1.41. The maximum Gasteiger partial charge on any atom is 0.303 e. The van der Waals surface area contributed by atoms with Crippen LogP contribution in [0.2, 0.25) is 0 Å². The Bertz CT molecular complexity index is 212. The Hall–Kier alpha value is -0.900. The van der Waals surface area contributed by atoms with Gasteiger partial charge >= 0.3 is 5.97 Å². The lowest BCUT2D eigenvalue weighted by Gasteiger charge is -2.08. The summed E-state index contributed by atoms with van der Waals surface area (Å²) in [7, 11) is 0. The van der Waals surface area contributed by atoms with E-state index in [2.05, 4.69) is 0 Å². The summed E-state index contributed by atoms with van der Waals surface area (Å²) in [5.74, 6) is -1.01. The molecule has 0 saturated carbocycles. The van der Waals surface area contributed by atoms with Gasteiger partial charge in [0, 0.05) is 6.42 Å². The van der Waals surface area contributed by atoms with Gasteiger partial charge in [0.2, 0.25) is 0 Å². The highest BCUT2D eigenvalue weighted by atomic mass is 16.5. The first-order chi connectivity index (χ1) is 6.09. The predicted molar refractivity (Wildman–Crippen MR) is 45.4 cm³/mol. The van der Waals surface area contributed by atoms with E-state index in [1.165, 1.54) is 0 Å². The van der Waals surface area contributed by atoms with Crippen LogP contribution in [0.5, 0.6) is 0 Å². The SMILES string of the molecule is CC1CCC(C(=O)CCC(=O)O)O1. The summed E-state index contributed by atoms with van der Waals surface area (Å²) in [6, 6.07) is 0. The quantitative estimate of drug-likeness (QED) is 0.711. The van der Waals surface area contributed by atoms with Crippen LogP contribution in [0.15, 0.2) is 0 Å². The molecule has 74 valence electrons. The Kier molecular flexibility index (Phi) is 3.42. The third-order valence-corrected chi connectivity index (χ3v) is 2.18. The van der Waals surface area contributed by atoms with Crippen molar-refractivity contribution in [3.05, 3.63) is 0 Å². The van der Waals surface area contributed by atoms with Crippen molar-refractivity contribution in [2.24, 2.45) is 0 Å². The van der Waals surface area contributed by atoms with Gasteiger partial charge in [0.05, 0.1) is 12.5 Å². The van der Waals surface area contributed by atoms with E-state index in [1.807, 2.05) is 6.92 Å². The fourth-order valence-electron chi connectivity index (χ4n) is 1.43. The molecule has 1 aliphatic heterocycles. The molecular formula is C9H14O4. The maximum atomic E-state index is 11.3. The predicted octanol–water partition coefficient (Wildman–Crippen LogP) is 0.988. The van der Waals surface area contributed by atoms with Gasteiger partial charge in [0.1, 0.15) is 6.10 Å². The smallest absolute Gasteiger partial charge is 0.303 e. The molecule has 13 heavy (non-hydrogen) atoms. The van der Waals surface area contributed by atoms with E-state index < -0.39 is 5.97 Å². The number of carboxylic acids is 1. The summed E-state index contributed by atoms with van der Waals surface area (Å²) in [5, 5.41) is 8.36. The minimum Gasteiger partial charge on any atom is -0.481 e. The number of carboxylic acid groups (broad SMARTS) is 1. The van der Waals surface area contributed by atoms with Gasteiger partial charge < -0.3 is 9.84 Å². The monoisotopic (exact) mass is 186 g/mol. The third kappa shape index (κ3) is 3.14. The molecule has 4 heteroatoms. The molecule has 2 atom stereocenters. The van der Waals surface area contributed by atoms with E-state index in [1.54, 1.807) is 0 Å². The number of ether oxygens (including phenoxy) is 1. The average Bonchev–Trinajstić information content (AvgIpc) is 2.47. The first-order valence-electron chi connectivity index (χ1n) is 4.49. The fraction of sp³-hybridized carbons (Fsp3) is 0.778. The highest BCUT2D eigenvalue weighted by molar-refractivity contribution is 5.86. The molecule has 4 nitrogen and oxygen atoms in total.